The van der Waals surface area contributed by atoms with Gasteiger partial charge in [0.2, 0.25) is 0 Å². The molecule has 2 N–H and O–H groups in total. The number of aryl methyl sites for hydroxylation is 1. The Kier molecular flexibility index (Phi) is 2.88. The minimum absolute atomic E-state index is 0.0994. The number of hydrogen-bond donors (Lipinski definition) is 2. The molecule has 0 bridgehead atoms. The van der Waals surface area contributed by atoms with Gasteiger partial charge in [0.25, 0.3) is 0 Å². The maximum absolute atomic E-state index is 12.9. The van der Waals surface area contributed by atoms with E-state index in [0.29, 0.717) is 5.56 Å². The first kappa shape index (κ1) is 9.99. The highest BCUT2D eigenvalue weighted by Crippen LogP contribution is 2.30. The number of aliphatic hydroxyl groups is 1. The summed E-state index contributed by atoms with van der Waals surface area (Å²) in [4.78, 5) is 0. The van der Waals surface area contributed by atoms with Crippen LogP contribution in [0.4, 0.5) is 4.39 Å². The van der Waals surface area contributed by atoms with E-state index in [1.165, 1.54) is 6.07 Å². The summed E-state index contributed by atoms with van der Waals surface area (Å²) in [7, 11) is 0. The van der Waals surface area contributed by atoms with Gasteiger partial charge >= 0.3 is 0 Å². The van der Waals surface area contributed by atoms with Gasteiger partial charge in [0.1, 0.15) is 0 Å². The topological polar surface area (TPSA) is 40.5 Å². The average Bonchev–Trinajstić information content (AvgIpc) is 2.12. The van der Waals surface area contributed by atoms with Gasteiger partial charge < -0.3 is 10.2 Å². The maximum Gasteiger partial charge on any atom is 0.165 e. The van der Waals surface area contributed by atoms with Gasteiger partial charge in [-0.25, -0.2) is 4.39 Å². The molecule has 3 heteroatoms. The van der Waals surface area contributed by atoms with E-state index in [1.54, 1.807) is 19.9 Å². The molecule has 2 nitrogen and oxygen atoms in total. The van der Waals surface area contributed by atoms with Gasteiger partial charge in [0.05, 0.1) is 0 Å². The van der Waals surface area contributed by atoms with Crippen LogP contribution >= 0.6 is 0 Å². The minimum atomic E-state index is -0.638. The quantitative estimate of drug-likeness (QED) is 0.737. The van der Waals surface area contributed by atoms with Crippen molar-refractivity contribution in [3.8, 4) is 5.75 Å². The average molecular weight is 184 g/mol. The van der Waals surface area contributed by atoms with Crippen LogP contribution in [-0.2, 0) is 0 Å². The molecule has 0 radical (unpaired) electrons. The van der Waals surface area contributed by atoms with Crippen LogP contribution in [-0.4, -0.2) is 16.8 Å². The lowest BCUT2D eigenvalue weighted by molar-refractivity contribution is 0.269. The lowest BCUT2D eigenvalue weighted by atomic mass is 9.96. The van der Waals surface area contributed by atoms with Crippen molar-refractivity contribution in [3.63, 3.8) is 0 Å². The molecule has 0 fully saturated rings. The van der Waals surface area contributed by atoms with Crippen molar-refractivity contribution in [2.45, 2.75) is 19.8 Å². The molecule has 1 rings (SSSR count). The second-order valence-electron chi connectivity index (χ2n) is 3.21. The predicted octanol–water partition coefficient (Wildman–Crippen LogP) is 1.94. The van der Waals surface area contributed by atoms with Crippen LogP contribution in [0.15, 0.2) is 12.1 Å². The third kappa shape index (κ3) is 1.80. The predicted molar refractivity (Wildman–Crippen MR) is 48.3 cm³/mol. The summed E-state index contributed by atoms with van der Waals surface area (Å²) in [5.74, 6) is -1.22. The highest BCUT2D eigenvalue weighted by Gasteiger charge is 2.15. The van der Waals surface area contributed by atoms with Crippen molar-refractivity contribution in [2.24, 2.45) is 0 Å². The van der Waals surface area contributed by atoms with E-state index < -0.39 is 5.82 Å². The Bertz CT molecular complexity index is 310. The second kappa shape index (κ2) is 3.75. The molecule has 0 aliphatic heterocycles. The Morgan fingerprint density at radius 1 is 1.46 bits per heavy atom. The fraction of sp³-hybridized carbons (Fsp3) is 0.400. The van der Waals surface area contributed by atoms with Crippen LogP contribution in [0.2, 0.25) is 0 Å². The normalized spacial score (nSPS) is 12.9. The standard InChI is InChI=1S/C10H13FO2/c1-6-3-4-8(11)10(13)9(6)7(2)5-12/h3-4,7,12-13H,5H2,1-2H3. The van der Waals surface area contributed by atoms with Gasteiger partial charge in [0.15, 0.2) is 11.6 Å². The Morgan fingerprint density at radius 3 is 2.62 bits per heavy atom. The van der Waals surface area contributed by atoms with Gasteiger partial charge in [-0.1, -0.05) is 13.0 Å². The molecule has 1 unspecified atom stereocenters. The zero-order valence-electron chi connectivity index (χ0n) is 7.71. The van der Waals surface area contributed by atoms with Crippen molar-refractivity contribution in [1.29, 1.82) is 0 Å². The highest BCUT2D eigenvalue weighted by molar-refractivity contribution is 5.42. The third-order valence-corrected chi connectivity index (χ3v) is 2.15. The van der Waals surface area contributed by atoms with Gasteiger partial charge in [-0.15, -0.1) is 0 Å². The largest absolute Gasteiger partial charge is 0.505 e. The molecule has 0 amide bonds. The molecule has 0 aliphatic carbocycles. The van der Waals surface area contributed by atoms with Crippen molar-refractivity contribution in [1.82, 2.24) is 0 Å². The smallest absolute Gasteiger partial charge is 0.165 e. The molecule has 0 saturated carbocycles. The lowest BCUT2D eigenvalue weighted by Crippen LogP contribution is -2.02. The number of rotatable bonds is 2. The summed E-state index contributed by atoms with van der Waals surface area (Å²) in [5.41, 5.74) is 1.28. The van der Waals surface area contributed by atoms with Crippen LogP contribution in [0, 0.1) is 12.7 Å². The first-order chi connectivity index (χ1) is 6.07. The zero-order chi connectivity index (χ0) is 10.0. The van der Waals surface area contributed by atoms with Gasteiger partial charge in [-0.2, -0.15) is 0 Å². The number of hydrogen-bond acceptors (Lipinski definition) is 2. The van der Waals surface area contributed by atoms with Crippen LogP contribution in [0.1, 0.15) is 24.0 Å². The number of aliphatic hydroxyl groups excluding tert-OH is 1. The first-order valence-corrected chi connectivity index (χ1v) is 4.16. The maximum atomic E-state index is 12.9. The van der Waals surface area contributed by atoms with Gasteiger partial charge in [0, 0.05) is 18.1 Å². The molecule has 0 saturated heterocycles. The number of halogens is 1. The molecule has 0 aliphatic rings. The number of phenols is 1. The second-order valence-corrected chi connectivity index (χ2v) is 3.21. The fourth-order valence-electron chi connectivity index (χ4n) is 1.40. The summed E-state index contributed by atoms with van der Waals surface area (Å²) in [5, 5.41) is 18.3. The molecule has 1 aromatic carbocycles. The van der Waals surface area contributed by atoms with Gasteiger partial charge in [-0.3, -0.25) is 0 Å². The van der Waals surface area contributed by atoms with Crippen LogP contribution in [0.25, 0.3) is 0 Å². The Hall–Kier alpha value is -1.09. The first-order valence-electron chi connectivity index (χ1n) is 4.16. The van der Waals surface area contributed by atoms with E-state index in [0.717, 1.165) is 5.56 Å². The van der Waals surface area contributed by atoms with E-state index in [1.807, 2.05) is 0 Å². The zero-order valence-corrected chi connectivity index (χ0v) is 7.71. The fourth-order valence-corrected chi connectivity index (χ4v) is 1.40. The van der Waals surface area contributed by atoms with E-state index in [-0.39, 0.29) is 18.3 Å². The lowest BCUT2D eigenvalue weighted by Gasteiger charge is -2.13. The number of phenolic OH excluding ortho intramolecular Hbond substituents is 1. The molecule has 0 aromatic heterocycles. The SMILES string of the molecule is Cc1ccc(F)c(O)c1C(C)CO. The number of benzene rings is 1. The molecule has 72 valence electrons. The molecule has 0 heterocycles. The molecular formula is C10H13FO2. The molecule has 0 spiro atoms. The molecule has 13 heavy (non-hydrogen) atoms. The molecule has 1 aromatic rings. The number of aromatic hydroxyl groups is 1. The van der Waals surface area contributed by atoms with Crippen molar-refractivity contribution in [2.75, 3.05) is 6.61 Å². The van der Waals surface area contributed by atoms with E-state index in [2.05, 4.69) is 0 Å². The van der Waals surface area contributed by atoms with E-state index in [4.69, 9.17) is 5.11 Å². The molecular weight excluding hydrogens is 171 g/mol. The molecule has 1 atom stereocenters. The van der Waals surface area contributed by atoms with E-state index in [9.17, 15) is 9.50 Å². The highest BCUT2D eigenvalue weighted by atomic mass is 19.1. The Morgan fingerprint density at radius 2 is 2.08 bits per heavy atom. The van der Waals surface area contributed by atoms with Crippen molar-refractivity contribution < 1.29 is 14.6 Å². The summed E-state index contributed by atoms with van der Waals surface area (Å²) < 4.78 is 12.9. The monoisotopic (exact) mass is 184 g/mol. The summed E-state index contributed by atoms with van der Waals surface area (Å²) in [6.45, 7) is 3.42. The van der Waals surface area contributed by atoms with E-state index >= 15 is 0 Å². The van der Waals surface area contributed by atoms with Crippen LogP contribution in [0.5, 0.6) is 5.75 Å². The van der Waals surface area contributed by atoms with Gasteiger partial charge in [-0.05, 0) is 18.6 Å². The summed E-state index contributed by atoms with van der Waals surface area (Å²) >= 11 is 0. The summed E-state index contributed by atoms with van der Waals surface area (Å²) in [6.07, 6.45) is 0. The van der Waals surface area contributed by atoms with Crippen molar-refractivity contribution in [3.05, 3.63) is 29.1 Å². The minimum Gasteiger partial charge on any atom is -0.505 e. The van der Waals surface area contributed by atoms with Crippen molar-refractivity contribution >= 4 is 0 Å². The Labute approximate surface area is 76.6 Å². The Balaban J connectivity index is 3.25. The third-order valence-electron chi connectivity index (χ3n) is 2.15. The van der Waals surface area contributed by atoms with Crippen LogP contribution in [0.3, 0.4) is 0 Å². The van der Waals surface area contributed by atoms with Crippen LogP contribution < -0.4 is 0 Å². The summed E-state index contributed by atoms with van der Waals surface area (Å²) in [6, 6.07) is 2.81.